The van der Waals surface area contributed by atoms with Gasteiger partial charge < -0.3 is 90.1 Å². The number of benzene rings is 6. The molecule has 6 aromatic carbocycles. The van der Waals surface area contributed by atoms with Gasteiger partial charge in [-0.3, -0.25) is 39.1 Å². The number of aliphatic hydroxyl groups excluding tert-OH is 4. The summed E-state index contributed by atoms with van der Waals surface area (Å²) in [6.07, 6.45) is 36.3. The van der Waals surface area contributed by atoms with Crippen molar-refractivity contribution in [1.82, 2.24) is 66.9 Å². The molecule has 0 unspecified atom stereocenters. The third kappa shape index (κ3) is 37.2. The largest absolute Gasteiger partial charge is 0.557 e. The molecule has 19 aromatic rings. The van der Waals surface area contributed by atoms with Crippen LogP contribution in [0.2, 0.25) is 0 Å². The fraction of sp³-hybridized carbons (Fsp3) is 0.159. The van der Waals surface area contributed by atoms with Gasteiger partial charge in [0.05, 0.1) is 60.7 Å². The van der Waals surface area contributed by atoms with E-state index in [1.165, 1.54) is 90.1 Å². The average molecular weight is 3090 g/mol. The summed E-state index contributed by atoms with van der Waals surface area (Å²) in [5.41, 5.74) is 21.4. The first-order valence-corrected chi connectivity index (χ1v) is 46.0. The van der Waals surface area contributed by atoms with Crippen LogP contribution in [-0.4, -0.2) is 125 Å². The Morgan fingerprint density at radius 2 is 0.858 bits per heavy atom. The molecule has 5 radical (unpaired) electrons. The SMILES string of the molecule is CC(=O)C=C(C)O.CC(=O)C=C(C)O.CC(=O)C=C(C)O.CC(=O)C=C(C)O.COc1cccc(OC)c1-c1cc(-c2nccn2C)[c-]n1C.Cc1cnc(-c2[c-]oc(-c3ccccc3)c2-c2ccccc2)n1C.Cn1c[c-]c(-c2cscn2)c1-c1ccccc1.Cn1c[c-]c(-c2ncco2)c1-c1ccccc1.Cn1ccnc1-c1[c-]coc1-c1ccccc1.Cn1ccnc1-c1[c-]csc1-c1ccncc1.[Ir].[Ir].[Ir].[Ir].[Ir].[Pt]. The second-order valence-electron chi connectivity index (χ2n) is 31.5. The van der Waals surface area contributed by atoms with Crippen LogP contribution in [-0.2, 0) is 190 Å². The maximum atomic E-state index is 10.0. The summed E-state index contributed by atoms with van der Waals surface area (Å²) in [4.78, 5) is 71.4. The smallest absolute Gasteiger partial charge is 0.155 e. The molecular formula is C113H110Ir5N14O13PtS2-6. The third-order valence-corrected chi connectivity index (χ3v) is 21.8. The van der Waals surface area contributed by atoms with Gasteiger partial charge in [-0.15, -0.1) is 45.7 Å². The molecule has 19 rings (SSSR count). The molecule has 0 saturated heterocycles. The van der Waals surface area contributed by atoms with E-state index in [4.69, 9.17) is 43.2 Å². The summed E-state index contributed by atoms with van der Waals surface area (Å²) in [5, 5.41) is 37.5. The molecule has 0 aliphatic carbocycles. The van der Waals surface area contributed by atoms with E-state index in [-0.39, 0.29) is 168 Å². The van der Waals surface area contributed by atoms with Crippen LogP contribution in [0.5, 0.6) is 11.5 Å². The normalized spacial score (nSPS) is 10.4. The fourth-order valence-corrected chi connectivity index (χ4v) is 15.5. The van der Waals surface area contributed by atoms with Crippen molar-refractivity contribution in [3.05, 3.63) is 381 Å². The van der Waals surface area contributed by atoms with Crippen molar-refractivity contribution < 1.29 is 184 Å². The minimum Gasteiger partial charge on any atom is -0.557 e. The van der Waals surface area contributed by atoms with Crippen LogP contribution in [0.25, 0.3) is 146 Å². The van der Waals surface area contributed by atoms with E-state index < -0.39 is 0 Å². The zero-order valence-electron chi connectivity index (χ0n) is 84.0. The number of pyridine rings is 1. The van der Waals surface area contributed by atoms with E-state index in [2.05, 4.69) is 123 Å². The molecule has 0 atom stereocenters. The molecule has 13 aromatic heterocycles. The molecular weight excluding hydrogens is 2980 g/mol. The molecule has 4 N–H and O–H groups in total. The van der Waals surface area contributed by atoms with Gasteiger partial charge >= 0.3 is 0 Å². The van der Waals surface area contributed by atoms with Crippen molar-refractivity contribution in [2.75, 3.05) is 14.2 Å². The predicted octanol–water partition coefficient (Wildman–Crippen LogP) is 25.1. The number of aliphatic hydroxyl groups is 4. The summed E-state index contributed by atoms with van der Waals surface area (Å²) < 4.78 is 41.7. The Morgan fingerprint density at radius 1 is 0.419 bits per heavy atom. The molecule has 35 heteroatoms. The fourth-order valence-electron chi connectivity index (χ4n) is 14.1. The Hall–Kier alpha value is -13.4. The number of allylic oxidation sites excluding steroid dienone is 8. The topological polar surface area (TPSA) is 332 Å². The van der Waals surface area contributed by atoms with Crippen molar-refractivity contribution in [3.63, 3.8) is 0 Å². The summed E-state index contributed by atoms with van der Waals surface area (Å²) >= 11 is 3.28. The molecule has 783 valence electrons. The van der Waals surface area contributed by atoms with Crippen LogP contribution in [0.1, 0.15) is 61.1 Å². The number of thiophene rings is 1. The molecule has 0 aliphatic heterocycles. The van der Waals surface area contributed by atoms with Crippen molar-refractivity contribution >= 4 is 45.8 Å². The first-order chi connectivity index (χ1) is 68.3. The summed E-state index contributed by atoms with van der Waals surface area (Å²) in [6, 6.07) is 75.5. The number of thiazole rings is 1. The van der Waals surface area contributed by atoms with Gasteiger partial charge in [0.25, 0.3) is 0 Å². The second-order valence-corrected chi connectivity index (χ2v) is 33.1. The number of hydrogen-bond acceptors (Lipinski definition) is 22. The number of imidazole rings is 4. The zero-order chi connectivity index (χ0) is 102. The van der Waals surface area contributed by atoms with Crippen molar-refractivity contribution in [3.8, 4) is 158 Å². The van der Waals surface area contributed by atoms with Crippen molar-refractivity contribution in [2.45, 2.75) is 62.3 Å². The quantitative estimate of drug-likeness (QED) is 0.0332. The Kier molecular flexibility index (Phi) is 55.5. The Balaban J connectivity index is 0.000000350. The van der Waals surface area contributed by atoms with Crippen LogP contribution in [0.3, 0.4) is 0 Å². The molecule has 0 fully saturated rings. The van der Waals surface area contributed by atoms with Crippen molar-refractivity contribution in [2.24, 2.45) is 49.3 Å². The van der Waals surface area contributed by atoms with Gasteiger partial charge in [-0.25, -0.2) is 11.3 Å². The van der Waals surface area contributed by atoms with Gasteiger partial charge in [0.1, 0.15) is 17.4 Å². The van der Waals surface area contributed by atoms with Crippen LogP contribution >= 0.6 is 22.7 Å². The number of nitrogens with zero attached hydrogens (tertiary/aromatic N) is 14. The summed E-state index contributed by atoms with van der Waals surface area (Å²) in [5.74, 6) is 7.03. The second kappa shape index (κ2) is 64.7. The van der Waals surface area contributed by atoms with Crippen LogP contribution in [0, 0.1) is 43.6 Å². The van der Waals surface area contributed by atoms with E-state index in [0.29, 0.717) is 5.89 Å². The van der Waals surface area contributed by atoms with Gasteiger partial charge in [-0.2, -0.15) is 18.2 Å². The maximum Gasteiger partial charge on any atom is 0.155 e. The number of methoxy groups -OCH3 is 2. The number of aromatic nitrogens is 14. The molecule has 0 amide bonds. The van der Waals surface area contributed by atoms with Crippen LogP contribution < -0.4 is 9.47 Å². The number of rotatable bonds is 19. The predicted molar refractivity (Wildman–Crippen MR) is 558 cm³/mol. The van der Waals surface area contributed by atoms with E-state index >= 15 is 0 Å². The average Bonchev–Trinajstić information content (AvgIpc) is 1.62. The maximum absolute atomic E-state index is 10.0. The third-order valence-electron chi connectivity index (χ3n) is 20.3. The van der Waals surface area contributed by atoms with Gasteiger partial charge in [0.15, 0.2) is 23.1 Å². The molecule has 13 heterocycles. The number of hydrogen-bond donors (Lipinski definition) is 4. The molecule has 0 bridgehead atoms. The molecule has 0 saturated carbocycles. The van der Waals surface area contributed by atoms with Crippen molar-refractivity contribution in [1.29, 1.82) is 0 Å². The number of aryl methyl sites for hydroxylation is 7. The Labute approximate surface area is 952 Å². The number of carbonyl (C=O) groups is 4. The first-order valence-electron chi connectivity index (χ1n) is 44.2. The van der Waals surface area contributed by atoms with E-state index in [9.17, 15) is 19.2 Å². The van der Waals surface area contributed by atoms with Gasteiger partial charge in [0.2, 0.25) is 0 Å². The number of ether oxygens (including phenoxy) is 2. The van der Waals surface area contributed by atoms with Gasteiger partial charge in [0, 0.05) is 269 Å². The summed E-state index contributed by atoms with van der Waals surface area (Å²) in [7, 11) is 17.2. The molecule has 0 spiro atoms. The number of ketones is 4. The number of oxazole rings is 1. The summed E-state index contributed by atoms with van der Waals surface area (Å²) in [6.45, 7) is 13.4. The van der Waals surface area contributed by atoms with E-state index in [1.54, 1.807) is 86.6 Å². The molecule has 148 heavy (non-hydrogen) atoms. The number of furan rings is 2. The minimum absolute atomic E-state index is 0. The Morgan fingerprint density at radius 3 is 1.26 bits per heavy atom. The first kappa shape index (κ1) is 127. The molecule has 27 nitrogen and oxygen atoms in total. The van der Waals surface area contributed by atoms with Gasteiger partial charge in [-0.1, -0.05) is 243 Å². The van der Waals surface area contributed by atoms with Crippen LogP contribution in [0.15, 0.2) is 352 Å². The standard InChI is InChI=1S/C21H17N2O.C17H18N3O2.2C14H11N2O.C14H11N2S.C13H10N3S.4C5H8O2.5Ir.Pt/c1-15-13-22-21(23(15)2)18-14-24-20(17-11-7-4-8-12-17)19(18)16-9-5-3-6-10-16;1-19-9-8-18-17(19)12-10-13(20(2)11-12)16-14(21-3)6-5-7-15(16)22-4;1-16-9-8-15-14(16)12-7-10-17-13(12)11-5-3-2-4-6-11;1-16-9-7-12(14-15-8-10-17-14)13(16)11-5-3-2-4-6-11;1-16-8-7-12(13-9-17-10-15-13)14(16)11-5-3-2-4-6-11;1-16-8-7-15-13(16)11-4-9-17-12(11)10-2-5-14-6-3-10;4*1-4(6)3-5(2)7;;;;;;/h3-13H,1-2H3;5-10H,1-4H3;3*2-6,8-10H,1H3;2-3,5-9H,1H3;4*3,6H,1-2H3;;;;;;/q6*-1;;;;;;;;;;. The van der Waals surface area contributed by atoms with Crippen LogP contribution in [0.4, 0.5) is 0 Å². The molecule has 0 aliphatic rings. The minimum atomic E-state index is -0.125. The van der Waals surface area contributed by atoms with E-state index in [1.807, 2.05) is 279 Å². The Bertz CT molecular complexity index is 6970. The van der Waals surface area contributed by atoms with E-state index in [0.717, 1.165) is 147 Å². The zero-order valence-corrected chi connectivity index (χ0v) is 99.9. The number of carbonyl (C=O) groups excluding carboxylic acids is 4. The monoisotopic (exact) mass is 3090 g/mol. The van der Waals surface area contributed by atoms with Gasteiger partial charge in [-0.05, 0) is 144 Å².